The van der Waals surface area contributed by atoms with Gasteiger partial charge in [-0.2, -0.15) is 0 Å². The van der Waals surface area contributed by atoms with Crippen LogP contribution in [0.15, 0.2) is 42.5 Å². The average Bonchev–Trinajstić information content (AvgIpc) is 2.49. The molecule has 0 radical (unpaired) electrons. The summed E-state index contributed by atoms with van der Waals surface area (Å²) in [4.78, 5) is 11.9. The lowest BCUT2D eigenvalue weighted by Gasteiger charge is -2.32. The molecule has 0 bridgehead atoms. The second kappa shape index (κ2) is 7.84. The molecule has 2 N–H and O–H groups in total. The Kier molecular flexibility index (Phi) is 5.81. The summed E-state index contributed by atoms with van der Waals surface area (Å²) in [6.07, 6.45) is 5.53. The molecule has 1 aromatic rings. The molecule has 4 nitrogen and oxygen atoms in total. The van der Waals surface area contributed by atoms with Gasteiger partial charge in [0, 0.05) is 6.04 Å². The molecule has 0 saturated heterocycles. The van der Waals surface area contributed by atoms with Crippen molar-refractivity contribution in [2.45, 2.75) is 44.9 Å². The summed E-state index contributed by atoms with van der Waals surface area (Å²) in [6.45, 7) is 2.22. The van der Waals surface area contributed by atoms with E-state index in [1.54, 1.807) is 0 Å². The minimum atomic E-state index is -0.394. The Balaban J connectivity index is 1.83. The minimum absolute atomic E-state index is 0.0351. The van der Waals surface area contributed by atoms with Gasteiger partial charge in [-0.05, 0) is 37.7 Å². The van der Waals surface area contributed by atoms with E-state index in [9.17, 15) is 9.90 Å². The number of amides is 1. The van der Waals surface area contributed by atoms with E-state index < -0.39 is 6.09 Å². The van der Waals surface area contributed by atoms with Gasteiger partial charge in [0.25, 0.3) is 0 Å². The van der Waals surface area contributed by atoms with E-state index in [4.69, 9.17) is 4.74 Å². The Labute approximate surface area is 125 Å². The van der Waals surface area contributed by atoms with Gasteiger partial charge in [0.05, 0.1) is 6.10 Å². The van der Waals surface area contributed by atoms with Gasteiger partial charge in [0.15, 0.2) is 0 Å². The maximum atomic E-state index is 11.9. The Morgan fingerprint density at radius 1 is 1.38 bits per heavy atom. The first-order chi connectivity index (χ1) is 10.2. The van der Waals surface area contributed by atoms with Crippen LogP contribution in [-0.2, 0) is 11.3 Å². The second-order valence-electron chi connectivity index (χ2n) is 5.47. The monoisotopic (exact) mass is 289 g/mol. The van der Waals surface area contributed by atoms with Crippen molar-refractivity contribution in [3.05, 3.63) is 48.0 Å². The molecular weight excluding hydrogens is 266 g/mol. The lowest BCUT2D eigenvalue weighted by Crippen LogP contribution is -2.44. The van der Waals surface area contributed by atoms with Gasteiger partial charge in [-0.15, -0.1) is 0 Å². The molecule has 1 saturated carbocycles. The van der Waals surface area contributed by atoms with Crippen LogP contribution in [0.5, 0.6) is 0 Å². The highest BCUT2D eigenvalue weighted by molar-refractivity contribution is 5.67. The minimum Gasteiger partial charge on any atom is -0.445 e. The summed E-state index contributed by atoms with van der Waals surface area (Å²) in [7, 11) is 0. The summed E-state index contributed by atoms with van der Waals surface area (Å²) >= 11 is 0. The number of aliphatic hydroxyl groups excluding tert-OH is 1. The molecular formula is C17H23NO3. The van der Waals surface area contributed by atoms with E-state index in [0.717, 1.165) is 18.4 Å². The van der Waals surface area contributed by atoms with E-state index >= 15 is 0 Å². The number of alkyl carbamates (subject to hydrolysis) is 1. The van der Waals surface area contributed by atoms with Crippen LogP contribution in [0.2, 0.25) is 0 Å². The Hall–Kier alpha value is -1.81. The molecule has 21 heavy (non-hydrogen) atoms. The predicted molar refractivity (Wildman–Crippen MR) is 81.7 cm³/mol. The fourth-order valence-corrected chi connectivity index (χ4v) is 2.74. The normalized spacial score (nSPS) is 25.7. The zero-order chi connectivity index (χ0) is 15.1. The van der Waals surface area contributed by atoms with Crippen molar-refractivity contribution in [1.29, 1.82) is 0 Å². The van der Waals surface area contributed by atoms with Gasteiger partial charge in [0.2, 0.25) is 0 Å². The highest BCUT2D eigenvalue weighted by Crippen LogP contribution is 2.26. The topological polar surface area (TPSA) is 58.6 Å². The van der Waals surface area contributed by atoms with Crippen LogP contribution in [0, 0.1) is 5.92 Å². The third-order valence-electron chi connectivity index (χ3n) is 3.83. The Bertz CT molecular complexity index is 472. The van der Waals surface area contributed by atoms with E-state index in [1.165, 1.54) is 0 Å². The van der Waals surface area contributed by atoms with Gasteiger partial charge in [-0.1, -0.05) is 42.5 Å². The number of benzene rings is 1. The summed E-state index contributed by atoms with van der Waals surface area (Å²) in [5, 5.41) is 12.7. The maximum absolute atomic E-state index is 11.9. The van der Waals surface area contributed by atoms with Crippen LogP contribution in [0.1, 0.15) is 31.7 Å². The van der Waals surface area contributed by atoms with Gasteiger partial charge in [0.1, 0.15) is 6.61 Å². The Morgan fingerprint density at radius 3 is 2.86 bits per heavy atom. The standard InChI is InChI=1S/C17H23NO3/c1-2-6-14-11-15(19)9-10-16(14)18-17(20)21-12-13-7-4-3-5-8-13/h2-8,14-16,19H,9-12H2,1H3,(H,18,20)/b6-2-/t14-,15-,16+/m1/s1. The van der Waals surface area contributed by atoms with Gasteiger partial charge in [-0.25, -0.2) is 4.79 Å². The molecule has 3 atom stereocenters. The predicted octanol–water partition coefficient (Wildman–Crippen LogP) is 3.02. The molecule has 0 unspecified atom stereocenters. The summed E-state index contributed by atoms with van der Waals surface area (Å²) in [5.74, 6) is 0.169. The molecule has 0 aliphatic heterocycles. The average molecular weight is 289 g/mol. The van der Waals surface area contributed by atoms with E-state index in [0.29, 0.717) is 6.42 Å². The Morgan fingerprint density at radius 2 is 2.14 bits per heavy atom. The lowest BCUT2D eigenvalue weighted by atomic mass is 9.82. The molecule has 114 valence electrons. The highest BCUT2D eigenvalue weighted by atomic mass is 16.5. The van der Waals surface area contributed by atoms with Crippen molar-refractivity contribution < 1.29 is 14.6 Å². The van der Waals surface area contributed by atoms with Crippen LogP contribution in [-0.4, -0.2) is 23.3 Å². The number of nitrogens with one attached hydrogen (secondary N) is 1. The number of carbonyl (C=O) groups excluding carboxylic acids is 1. The molecule has 0 spiro atoms. The largest absolute Gasteiger partial charge is 0.445 e. The van der Waals surface area contributed by atoms with Gasteiger partial charge >= 0.3 is 6.09 Å². The van der Waals surface area contributed by atoms with Crippen molar-refractivity contribution in [3.63, 3.8) is 0 Å². The third kappa shape index (κ3) is 4.90. The first-order valence-corrected chi connectivity index (χ1v) is 7.47. The van der Waals surface area contributed by atoms with Crippen LogP contribution in [0.3, 0.4) is 0 Å². The van der Waals surface area contributed by atoms with Crippen molar-refractivity contribution in [2.24, 2.45) is 5.92 Å². The SMILES string of the molecule is C/C=C\[C@@H]1C[C@H](O)CC[C@@H]1NC(=O)OCc1ccccc1. The first kappa shape index (κ1) is 15.6. The number of allylic oxidation sites excluding steroid dienone is 1. The van der Waals surface area contributed by atoms with Crippen molar-refractivity contribution in [1.82, 2.24) is 5.32 Å². The molecule has 1 aliphatic rings. The summed E-state index contributed by atoms with van der Waals surface area (Å²) in [5.41, 5.74) is 0.969. The van der Waals surface area contributed by atoms with Crippen molar-refractivity contribution >= 4 is 6.09 Å². The summed E-state index contributed by atoms with van der Waals surface area (Å²) in [6, 6.07) is 9.65. The smallest absolute Gasteiger partial charge is 0.407 e. The van der Waals surface area contributed by atoms with E-state index in [2.05, 4.69) is 5.32 Å². The number of carbonyl (C=O) groups is 1. The number of aliphatic hydroxyl groups is 1. The zero-order valence-electron chi connectivity index (χ0n) is 12.4. The highest BCUT2D eigenvalue weighted by Gasteiger charge is 2.29. The van der Waals surface area contributed by atoms with Crippen LogP contribution < -0.4 is 5.32 Å². The number of hydrogen-bond donors (Lipinski definition) is 2. The molecule has 1 aliphatic carbocycles. The first-order valence-electron chi connectivity index (χ1n) is 7.47. The molecule has 1 fully saturated rings. The fourth-order valence-electron chi connectivity index (χ4n) is 2.74. The van der Waals surface area contributed by atoms with Crippen LogP contribution in [0.4, 0.5) is 4.79 Å². The van der Waals surface area contributed by atoms with Crippen molar-refractivity contribution in [3.8, 4) is 0 Å². The van der Waals surface area contributed by atoms with Crippen molar-refractivity contribution in [2.75, 3.05) is 0 Å². The van der Waals surface area contributed by atoms with Crippen LogP contribution in [0.25, 0.3) is 0 Å². The quantitative estimate of drug-likeness (QED) is 0.838. The molecule has 1 amide bonds. The maximum Gasteiger partial charge on any atom is 0.407 e. The van der Waals surface area contributed by atoms with Crippen LogP contribution >= 0.6 is 0 Å². The fraction of sp³-hybridized carbons (Fsp3) is 0.471. The second-order valence-corrected chi connectivity index (χ2v) is 5.47. The number of ether oxygens (including phenoxy) is 1. The third-order valence-corrected chi connectivity index (χ3v) is 3.83. The molecule has 4 heteroatoms. The van der Waals surface area contributed by atoms with E-state index in [1.807, 2.05) is 49.4 Å². The van der Waals surface area contributed by atoms with E-state index in [-0.39, 0.29) is 24.7 Å². The molecule has 0 aromatic heterocycles. The number of rotatable bonds is 4. The summed E-state index contributed by atoms with van der Waals surface area (Å²) < 4.78 is 5.25. The molecule has 2 rings (SSSR count). The molecule has 0 heterocycles. The van der Waals surface area contributed by atoms with Gasteiger partial charge in [-0.3, -0.25) is 0 Å². The number of hydrogen-bond acceptors (Lipinski definition) is 3. The molecule has 1 aromatic carbocycles. The zero-order valence-corrected chi connectivity index (χ0v) is 12.4. The van der Waals surface area contributed by atoms with Gasteiger partial charge < -0.3 is 15.2 Å². The lowest BCUT2D eigenvalue weighted by molar-refractivity contribution is 0.0867.